The van der Waals surface area contributed by atoms with E-state index in [1.165, 1.54) is 23.9 Å². The van der Waals surface area contributed by atoms with Crippen LogP contribution in [0, 0.1) is 5.82 Å². The van der Waals surface area contributed by atoms with E-state index < -0.39 is 0 Å². The Hall–Kier alpha value is -2.60. The van der Waals surface area contributed by atoms with Crippen molar-refractivity contribution in [3.63, 3.8) is 0 Å². The molecule has 0 saturated carbocycles. The summed E-state index contributed by atoms with van der Waals surface area (Å²) in [6.45, 7) is 2.38. The number of amides is 1. The summed E-state index contributed by atoms with van der Waals surface area (Å²) in [5.41, 5.74) is 1.42. The van der Waals surface area contributed by atoms with E-state index >= 15 is 0 Å². The van der Waals surface area contributed by atoms with Crippen molar-refractivity contribution in [2.75, 3.05) is 6.54 Å². The third kappa shape index (κ3) is 3.49. The van der Waals surface area contributed by atoms with Gasteiger partial charge in [-0.25, -0.2) is 9.38 Å². The molecule has 2 aromatic rings. The van der Waals surface area contributed by atoms with Crippen molar-refractivity contribution in [1.29, 1.82) is 0 Å². The molecule has 0 aliphatic carbocycles. The maximum atomic E-state index is 13.0. The van der Waals surface area contributed by atoms with Gasteiger partial charge in [0.25, 0.3) is 5.91 Å². The first kappa shape index (κ1) is 16.3. The summed E-state index contributed by atoms with van der Waals surface area (Å²) < 4.78 is 13.0. The minimum atomic E-state index is -0.325. The van der Waals surface area contributed by atoms with E-state index in [0.717, 1.165) is 5.56 Å². The standard InChI is InChI=1S/C18H15FN2O2S/c1-2-21-17(23)16(11-12-3-9-15(22)10-4-12)24-18(21)20-14-7-5-13(19)6-8-14/h3-11,22H,2H2,1H3/b16-11-,20-18?. The van der Waals surface area contributed by atoms with Crippen LogP contribution < -0.4 is 0 Å². The number of carbonyl (C=O) groups is 1. The van der Waals surface area contributed by atoms with Gasteiger partial charge in [-0.3, -0.25) is 9.69 Å². The molecular weight excluding hydrogens is 327 g/mol. The van der Waals surface area contributed by atoms with Crippen molar-refractivity contribution in [1.82, 2.24) is 4.90 Å². The van der Waals surface area contributed by atoms with Gasteiger partial charge in [0.1, 0.15) is 11.6 Å². The van der Waals surface area contributed by atoms with E-state index in [-0.39, 0.29) is 17.5 Å². The van der Waals surface area contributed by atoms with Crippen LogP contribution in [-0.4, -0.2) is 27.6 Å². The second-order valence-corrected chi connectivity index (χ2v) is 6.13. The molecule has 3 rings (SSSR count). The summed E-state index contributed by atoms with van der Waals surface area (Å²) in [5, 5.41) is 9.90. The van der Waals surface area contributed by atoms with Gasteiger partial charge in [0.05, 0.1) is 10.6 Å². The Kier molecular flexibility index (Phi) is 4.66. The Morgan fingerprint density at radius 1 is 1.17 bits per heavy atom. The minimum absolute atomic E-state index is 0.114. The average Bonchev–Trinajstić information content (AvgIpc) is 2.86. The minimum Gasteiger partial charge on any atom is -0.508 e. The van der Waals surface area contributed by atoms with E-state index in [4.69, 9.17) is 0 Å². The molecule has 0 radical (unpaired) electrons. The Bertz CT molecular complexity index is 814. The molecule has 1 heterocycles. The topological polar surface area (TPSA) is 52.9 Å². The maximum Gasteiger partial charge on any atom is 0.266 e. The van der Waals surface area contributed by atoms with Gasteiger partial charge < -0.3 is 5.11 Å². The Labute approximate surface area is 143 Å². The second-order valence-electron chi connectivity index (χ2n) is 5.12. The van der Waals surface area contributed by atoms with Crippen molar-refractivity contribution in [3.8, 4) is 5.75 Å². The molecule has 1 saturated heterocycles. The molecule has 4 nitrogen and oxygen atoms in total. The number of thioether (sulfide) groups is 1. The van der Waals surface area contributed by atoms with Gasteiger partial charge in [-0.1, -0.05) is 12.1 Å². The normalized spacial score (nSPS) is 17.9. The number of rotatable bonds is 3. The summed E-state index contributed by atoms with van der Waals surface area (Å²) in [6.07, 6.45) is 1.77. The summed E-state index contributed by atoms with van der Waals surface area (Å²) >= 11 is 1.28. The zero-order chi connectivity index (χ0) is 17.1. The molecule has 0 unspecified atom stereocenters. The number of hydrogen-bond donors (Lipinski definition) is 1. The molecule has 1 N–H and O–H groups in total. The predicted octanol–water partition coefficient (Wildman–Crippen LogP) is 4.16. The smallest absolute Gasteiger partial charge is 0.266 e. The monoisotopic (exact) mass is 342 g/mol. The van der Waals surface area contributed by atoms with Crippen LogP contribution in [0.5, 0.6) is 5.75 Å². The highest BCUT2D eigenvalue weighted by molar-refractivity contribution is 8.18. The summed E-state index contributed by atoms with van der Waals surface area (Å²) in [4.78, 5) is 19.1. The molecule has 1 amide bonds. The summed E-state index contributed by atoms with van der Waals surface area (Å²) in [6, 6.07) is 12.4. The van der Waals surface area contributed by atoms with Crippen LogP contribution in [-0.2, 0) is 4.79 Å². The first-order valence-electron chi connectivity index (χ1n) is 7.41. The number of aliphatic imine (C=N–C) groups is 1. The number of likely N-dealkylation sites (N-methyl/N-ethyl adjacent to an activating group) is 1. The van der Waals surface area contributed by atoms with Crippen molar-refractivity contribution in [2.45, 2.75) is 6.92 Å². The molecule has 1 fully saturated rings. The molecule has 0 spiro atoms. The second kappa shape index (κ2) is 6.88. The SMILES string of the molecule is CCN1C(=O)/C(=C/c2ccc(O)cc2)SC1=Nc1ccc(F)cc1. The quantitative estimate of drug-likeness (QED) is 0.853. The van der Waals surface area contributed by atoms with Gasteiger partial charge in [0, 0.05) is 6.54 Å². The lowest BCUT2D eigenvalue weighted by Crippen LogP contribution is -2.28. The average molecular weight is 342 g/mol. The van der Waals surface area contributed by atoms with E-state index in [0.29, 0.717) is 22.3 Å². The Morgan fingerprint density at radius 3 is 2.46 bits per heavy atom. The lowest BCUT2D eigenvalue weighted by molar-refractivity contribution is -0.122. The largest absolute Gasteiger partial charge is 0.508 e. The first-order valence-corrected chi connectivity index (χ1v) is 8.23. The van der Waals surface area contributed by atoms with Crippen LogP contribution in [0.2, 0.25) is 0 Å². The molecule has 1 aliphatic rings. The van der Waals surface area contributed by atoms with Crippen LogP contribution in [0.25, 0.3) is 6.08 Å². The highest BCUT2D eigenvalue weighted by Gasteiger charge is 2.32. The van der Waals surface area contributed by atoms with Gasteiger partial charge >= 0.3 is 0 Å². The van der Waals surface area contributed by atoms with Crippen LogP contribution in [0.3, 0.4) is 0 Å². The third-order valence-electron chi connectivity index (χ3n) is 3.45. The van der Waals surface area contributed by atoms with E-state index in [1.807, 2.05) is 6.92 Å². The molecule has 122 valence electrons. The van der Waals surface area contributed by atoms with Crippen LogP contribution >= 0.6 is 11.8 Å². The lowest BCUT2D eigenvalue weighted by Gasteiger charge is -2.11. The maximum absolute atomic E-state index is 13.0. The molecule has 24 heavy (non-hydrogen) atoms. The molecule has 0 aromatic heterocycles. The number of benzene rings is 2. The fourth-order valence-electron chi connectivity index (χ4n) is 2.22. The van der Waals surface area contributed by atoms with Gasteiger partial charge in [-0.05, 0) is 66.7 Å². The molecule has 0 bridgehead atoms. The number of hydrogen-bond acceptors (Lipinski definition) is 4. The summed E-state index contributed by atoms with van der Waals surface area (Å²) in [5.74, 6) is -0.262. The Morgan fingerprint density at radius 2 is 1.83 bits per heavy atom. The third-order valence-corrected chi connectivity index (χ3v) is 4.45. The van der Waals surface area contributed by atoms with Gasteiger partial charge in [0.15, 0.2) is 5.17 Å². The lowest BCUT2D eigenvalue weighted by atomic mass is 10.2. The Balaban J connectivity index is 1.91. The number of carbonyl (C=O) groups excluding carboxylic acids is 1. The number of halogens is 1. The van der Waals surface area contributed by atoms with Crippen LogP contribution in [0.4, 0.5) is 10.1 Å². The predicted molar refractivity (Wildman–Crippen MR) is 94.6 cm³/mol. The van der Waals surface area contributed by atoms with Crippen LogP contribution in [0.1, 0.15) is 12.5 Å². The van der Waals surface area contributed by atoms with Gasteiger partial charge in [0.2, 0.25) is 0 Å². The van der Waals surface area contributed by atoms with Crippen molar-refractivity contribution >= 4 is 34.6 Å². The van der Waals surface area contributed by atoms with E-state index in [2.05, 4.69) is 4.99 Å². The van der Waals surface area contributed by atoms with Crippen LogP contribution in [0.15, 0.2) is 58.4 Å². The van der Waals surface area contributed by atoms with Crippen molar-refractivity contribution in [3.05, 3.63) is 64.8 Å². The summed E-state index contributed by atoms with van der Waals surface area (Å²) in [7, 11) is 0. The number of aromatic hydroxyl groups is 1. The fraction of sp³-hybridized carbons (Fsp3) is 0.111. The molecule has 1 aliphatic heterocycles. The fourth-order valence-corrected chi connectivity index (χ4v) is 3.28. The molecular formula is C18H15FN2O2S. The number of phenols is 1. The van der Waals surface area contributed by atoms with Gasteiger partial charge in [-0.2, -0.15) is 0 Å². The molecule has 0 atom stereocenters. The molecule has 6 heteroatoms. The molecule has 2 aromatic carbocycles. The zero-order valence-electron chi connectivity index (χ0n) is 12.9. The highest BCUT2D eigenvalue weighted by Crippen LogP contribution is 2.34. The van der Waals surface area contributed by atoms with Crippen molar-refractivity contribution < 1.29 is 14.3 Å². The first-order chi connectivity index (χ1) is 11.6. The van der Waals surface area contributed by atoms with Crippen molar-refractivity contribution in [2.24, 2.45) is 4.99 Å². The van der Waals surface area contributed by atoms with E-state index in [1.54, 1.807) is 47.4 Å². The number of nitrogens with zero attached hydrogens (tertiary/aromatic N) is 2. The number of phenolic OH excluding ortho intramolecular Hbond substituents is 1. The van der Waals surface area contributed by atoms with E-state index in [9.17, 15) is 14.3 Å². The number of amidine groups is 1. The highest BCUT2D eigenvalue weighted by atomic mass is 32.2. The van der Waals surface area contributed by atoms with Gasteiger partial charge in [-0.15, -0.1) is 0 Å². The zero-order valence-corrected chi connectivity index (χ0v) is 13.8.